The van der Waals surface area contributed by atoms with Gasteiger partial charge in [-0.2, -0.15) is 0 Å². The van der Waals surface area contributed by atoms with Crippen LogP contribution in [0, 0.1) is 0 Å². The van der Waals surface area contributed by atoms with Crippen molar-refractivity contribution in [2.75, 3.05) is 26.0 Å². The molecule has 2 rings (SSSR count). The fraction of sp³-hybridized carbons (Fsp3) is 0.250. The second kappa shape index (κ2) is 6.74. The van der Waals surface area contributed by atoms with Crippen molar-refractivity contribution in [1.82, 2.24) is 4.31 Å². The monoisotopic (exact) mass is 304 g/mol. The lowest BCUT2D eigenvalue weighted by molar-refractivity contribution is 0.521. The van der Waals surface area contributed by atoms with Gasteiger partial charge in [0.2, 0.25) is 10.0 Å². The quantitative estimate of drug-likeness (QED) is 0.892. The second-order valence-corrected chi connectivity index (χ2v) is 7.13. The van der Waals surface area contributed by atoms with E-state index in [0.29, 0.717) is 4.90 Å². The summed E-state index contributed by atoms with van der Waals surface area (Å²) in [7, 11) is -0.293. The van der Waals surface area contributed by atoms with E-state index in [1.807, 2.05) is 18.2 Å². The molecule has 0 aromatic heterocycles. The number of anilines is 1. The number of nitrogens with one attached hydrogen (secondary N) is 1. The van der Waals surface area contributed by atoms with Crippen molar-refractivity contribution in [2.45, 2.75) is 11.3 Å². The predicted molar refractivity (Wildman–Crippen MR) is 86.0 cm³/mol. The van der Waals surface area contributed by atoms with Gasteiger partial charge in [0.1, 0.15) is 0 Å². The van der Waals surface area contributed by atoms with Gasteiger partial charge in [-0.3, -0.25) is 0 Å². The Bertz CT molecular complexity index is 665. The summed E-state index contributed by atoms with van der Waals surface area (Å²) in [5, 5.41) is 3.29. The van der Waals surface area contributed by atoms with E-state index in [2.05, 4.69) is 17.4 Å². The van der Waals surface area contributed by atoms with Crippen LogP contribution in [-0.4, -0.2) is 33.4 Å². The lowest BCUT2D eigenvalue weighted by Gasteiger charge is -2.12. The molecular weight excluding hydrogens is 284 g/mol. The zero-order valence-corrected chi connectivity index (χ0v) is 13.1. The summed E-state index contributed by atoms with van der Waals surface area (Å²) < 4.78 is 25.1. The third kappa shape index (κ3) is 4.06. The molecule has 0 heterocycles. The van der Waals surface area contributed by atoms with E-state index in [9.17, 15) is 8.42 Å². The summed E-state index contributed by atoms with van der Waals surface area (Å²) in [4.78, 5) is 0.307. The molecule has 0 spiro atoms. The highest BCUT2D eigenvalue weighted by molar-refractivity contribution is 7.89. The second-order valence-electron chi connectivity index (χ2n) is 4.97. The van der Waals surface area contributed by atoms with Gasteiger partial charge in [0, 0.05) is 26.3 Å². The van der Waals surface area contributed by atoms with E-state index >= 15 is 0 Å². The summed E-state index contributed by atoms with van der Waals surface area (Å²) in [6.07, 6.45) is 0.929. The largest absolute Gasteiger partial charge is 0.385 e. The smallest absolute Gasteiger partial charge is 0.242 e. The molecule has 112 valence electrons. The molecular formula is C16H20N2O2S. The third-order valence-electron chi connectivity index (χ3n) is 3.22. The molecule has 0 unspecified atom stereocenters. The molecule has 2 aromatic rings. The molecule has 0 atom stereocenters. The Morgan fingerprint density at radius 3 is 2.14 bits per heavy atom. The first kappa shape index (κ1) is 15.5. The summed E-state index contributed by atoms with van der Waals surface area (Å²) in [6.45, 7) is 0.809. The molecule has 0 aliphatic rings. The van der Waals surface area contributed by atoms with Gasteiger partial charge < -0.3 is 5.32 Å². The van der Waals surface area contributed by atoms with Gasteiger partial charge in [-0.1, -0.05) is 30.3 Å². The molecule has 0 radical (unpaired) electrons. The molecule has 0 aliphatic carbocycles. The molecule has 0 bridgehead atoms. The molecule has 2 aromatic carbocycles. The average Bonchev–Trinajstić information content (AvgIpc) is 2.49. The normalized spacial score (nSPS) is 11.6. The van der Waals surface area contributed by atoms with Gasteiger partial charge in [0.25, 0.3) is 0 Å². The number of nitrogens with zero attached hydrogens (tertiary/aromatic N) is 1. The van der Waals surface area contributed by atoms with Crippen molar-refractivity contribution < 1.29 is 8.42 Å². The van der Waals surface area contributed by atoms with E-state index in [4.69, 9.17) is 0 Å². The molecule has 4 nitrogen and oxygen atoms in total. The summed E-state index contributed by atoms with van der Waals surface area (Å²) in [5.41, 5.74) is 2.19. The van der Waals surface area contributed by atoms with Crippen LogP contribution in [0.1, 0.15) is 5.56 Å². The van der Waals surface area contributed by atoms with Gasteiger partial charge in [-0.15, -0.1) is 0 Å². The molecule has 0 fully saturated rings. The minimum Gasteiger partial charge on any atom is -0.385 e. The van der Waals surface area contributed by atoms with Gasteiger partial charge in [-0.05, 0) is 36.2 Å². The van der Waals surface area contributed by atoms with E-state index in [0.717, 1.165) is 18.7 Å². The molecule has 21 heavy (non-hydrogen) atoms. The minimum atomic E-state index is -3.35. The first-order chi connectivity index (χ1) is 10.00. The van der Waals surface area contributed by atoms with Crippen molar-refractivity contribution >= 4 is 15.7 Å². The summed E-state index contributed by atoms with van der Waals surface area (Å²) in [5.74, 6) is 0. The van der Waals surface area contributed by atoms with Crippen molar-refractivity contribution in [2.24, 2.45) is 0 Å². The number of sulfonamides is 1. The highest BCUT2D eigenvalue weighted by Crippen LogP contribution is 2.16. The molecule has 5 heteroatoms. The molecule has 0 saturated carbocycles. The van der Waals surface area contributed by atoms with Gasteiger partial charge >= 0.3 is 0 Å². The summed E-state index contributed by atoms with van der Waals surface area (Å²) in [6, 6.07) is 17.1. The maximum atomic E-state index is 11.9. The fourth-order valence-corrected chi connectivity index (χ4v) is 2.85. The lowest BCUT2D eigenvalue weighted by Crippen LogP contribution is -2.22. The fourth-order valence-electron chi connectivity index (χ4n) is 1.95. The average molecular weight is 304 g/mol. The molecule has 0 saturated heterocycles. The Morgan fingerprint density at radius 2 is 1.57 bits per heavy atom. The van der Waals surface area contributed by atoms with Gasteiger partial charge in [0.05, 0.1) is 4.90 Å². The van der Waals surface area contributed by atoms with Crippen LogP contribution in [0.15, 0.2) is 59.5 Å². The topological polar surface area (TPSA) is 49.4 Å². The van der Waals surface area contributed by atoms with Crippen molar-refractivity contribution in [3.63, 3.8) is 0 Å². The molecule has 0 amide bonds. The third-order valence-corrected chi connectivity index (χ3v) is 5.05. The predicted octanol–water partition coefficient (Wildman–Crippen LogP) is 2.59. The highest BCUT2D eigenvalue weighted by atomic mass is 32.2. The highest BCUT2D eigenvalue weighted by Gasteiger charge is 2.16. The lowest BCUT2D eigenvalue weighted by atomic mass is 10.1. The maximum absolute atomic E-state index is 11.9. The zero-order chi connectivity index (χ0) is 15.3. The van der Waals surface area contributed by atoms with Crippen molar-refractivity contribution in [3.8, 4) is 0 Å². The first-order valence-electron chi connectivity index (χ1n) is 6.80. The van der Waals surface area contributed by atoms with Gasteiger partial charge in [0.15, 0.2) is 0 Å². The standard InChI is InChI=1S/C16H20N2O2S/c1-18(2)21(19,20)16-10-8-15(9-11-16)17-13-12-14-6-4-3-5-7-14/h3-11,17H,12-13H2,1-2H3. The Morgan fingerprint density at radius 1 is 0.952 bits per heavy atom. The van der Waals surface area contributed by atoms with E-state index < -0.39 is 10.0 Å². The van der Waals surface area contributed by atoms with Crippen LogP contribution < -0.4 is 5.32 Å². The number of rotatable bonds is 6. The molecule has 0 aliphatic heterocycles. The Labute approximate surface area is 126 Å². The van der Waals surface area contributed by atoms with Crippen LogP contribution in [0.2, 0.25) is 0 Å². The van der Waals surface area contributed by atoms with E-state index in [1.54, 1.807) is 24.3 Å². The van der Waals surface area contributed by atoms with Crippen LogP contribution in [-0.2, 0) is 16.4 Å². The van der Waals surface area contributed by atoms with Crippen LogP contribution in [0.4, 0.5) is 5.69 Å². The first-order valence-corrected chi connectivity index (χ1v) is 8.24. The maximum Gasteiger partial charge on any atom is 0.242 e. The number of hydrogen-bond acceptors (Lipinski definition) is 3. The zero-order valence-electron chi connectivity index (χ0n) is 12.3. The molecule has 1 N–H and O–H groups in total. The number of benzene rings is 2. The van der Waals surface area contributed by atoms with Crippen molar-refractivity contribution in [1.29, 1.82) is 0 Å². The van der Waals surface area contributed by atoms with Gasteiger partial charge in [-0.25, -0.2) is 12.7 Å². The van der Waals surface area contributed by atoms with E-state index in [1.165, 1.54) is 24.0 Å². The Kier molecular flexibility index (Phi) is 4.98. The summed E-state index contributed by atoms with van der Waals surface area (Å²) >= 11 is 0. The van der Waals surface area contributed by atoms with Crippen LogP contribution in [0.3, 0.4) is 0 Å². The van der Waals surface area contributed by atoms with Crippen LogP contribution in [0.5, 0.6) is 0 Å². The van der Waals surface area contributed by atoms with Crippen LogP contribution in [0.25, 0.3) is 0 Å². The van der Waals surface area contributed by atoms with Crippen molar-refractivity contribution in [3.05, 3.63) is 60.2 Å². The Hall–Kier alpha value is -1.85. The number of hydrogen-bond donors (Lipinski definition) is 1. The van der Waals surface area contributed by atoms with E-state index in [-0.39, 0.29) is 0 Å². The minimum absolute atomic E-state index is 0.307. The Balaban J connectivity index is 1.94. The SMILES string of the molecule is CN(C)S(=O)(=O)c1ccc(NCCc2ccccc2)cc1. The van der Waals surface area contributed by atoms with Crippen LogP contribution >= 0.6 is 0 Å².